The first kappa shape index (κ1) is 17.0. The van der Waals surface area contributed by atoms with Gasteiger partial charge in [0.25, 0.3) is 5.91 Å². The lowest BCUT2D eigenvalue weighted by Gasteiger charge is -2.18. The Balaban J connectivity index is 1.59. The number of nitrogens with one attached hydrogen (secondary N) is 1. The molecule has 4 nitrogen and oxygen atoms in total. The third kappa shape index (κ3) is 3.07. The Kier molecular flexibility index (Phi) is 4.19. The van der Waals surface area contributed by atoms with Crippen LogP contribution in [0.2, 0.25) is 0 Å². The molecule has 0 unspecified atom stereocenters. The average molecular weight is 410 g/mol. The van der Waals surface area contributed by atoms with E-state index in [9.17, 15) is 4.79 Å². The van der Waals surface area contributed by atoms with Crippen LogP contribution in [0.25, 0.3) is 5.69 Å². The molecule has 1 aromatic heterocycles. The molecular formula is C21H20BrN3O. The standard InChI is InChI=1S/C21H20BrN3O/c1-14-4-3-5-18(12-14)25-15(2)19(13-23-25)20(26)24-21(10-11-21)16-6-8-17(22)9-7-16/h3-9,12-13H,10-11H2,1-2H3,(H,24,26). The summed E-state index contributed by atoms with van der Waals surface area (Å²) in [7, 11) is 0. The van der Waals surface area contributed by atoms with E-state index in [-0.39, 0.29) is 11.4 Å². The summed E-state index contributed by atoms with van der Waals surface area (Å²) in [5.74, 6) is -0.0678. The third-order valence-electron chi connectivity index (χ3n) is 5.00. The fourth-order valence-corrected chi connectivity index (χ4v) is 3.58. The Labute approximate surface area is 161 Å². The topological polar surface area (TPSA) is 46.9 Å². The minimum atomic E-state index is -0.240. The van der Waals surface area contributed by atoms with E-state index in [0.29, 0.717) is 5.56 Å². The van der Waals surface area contributed by atoms with Crippen molar-refractivity contribution >= 4 is 21.8 Å². The number of benzene rings is 2. The van der Waals surface area contributed by atoms with Crippen LogP contribution >= 0.6 is 15.9 Å². The molecule has 1 aliphatic carbocycles. The Morgan fingerprint density at radius 1 is 1.15 bits per heavy atom. The maximum atomic E-state index is 12.9. The SMILES string of the molecule is Cc1cccc(-n2ncc(C(=O)NC3(c4ccc(Br)cc4)CC3)c2C)c1. The Morgan fingerprint density at radius 2 is 1.88 bits per heavy atom. The van der Waals surface area contributed by atoms with Crippen molar-refractivity contribution in [1.82, 2.24) is 15.1 Å². The highest BCUT2D eigenvalue weighted by Gasteiger charge is 2.46. The monoisotopic (exact) mass is 409 g/mol. The fraction of sp³-hybridized carbons (Fsp3) is 0.238. The molecular weight excluding hydrogens is 390 g/mol. The van der Waals surface area contributed by atoms with Gasteiger partial charge in [0, 0.05) is 4.47 Å². The molecule has 5 heteroatoms. The Morgan fingerprint density at radius 3 is 2.54 bits per heavy atom. The van der Waals surface area contributed by atoms with Crippen LogP contribution in [0.15, 0.2) is 59.2 Å². The maximum Gasteiger partial charge on any atom is 0.255 e. The van der Waals surface area contributed by atoms with Gasteiger partial charge in [-0.2, -0.15) is 5.10 Å². The van der Waals surface area contributed by atoms with Gasteiger partial charge >= 0.3 is 0 Å². The van der Waals surface area contributed by atoms with E-state index in [0.717, 1.165) is 39.8 Å². The van der Waals surface area contributed by atoms with Crippen LogP contribution in [0.5, 0.6) is 0 Å². The smallest absolute Gasteiger partial charge is 0.255 e. The first-order valence-corrected chi connectivity index (χ1v) is 9.48. The fourth-order valence-electron chi connectivity index (χ4n) is 3.32. The molecule has 2 aromatic carbocycles. The summed E-state index contributed by atoms with van der Waals surface area (Å²) in [6.07, 6.45) is 3.58. The number of aromatic nitrogens is 2. The number of nitrogens with zero attached hydrogens (tertiary/aromatic N) is 2. The average Bonchev–Trinajstić information content (AvgIpc) is 3.29. The normalized spacial score (nSPS) is 14.9. The number of halogens is 1. The number of amides is 1. The molecule has 1 amide bonds. The number of carbonyl (C=O) groups excluding carboxylic acids is 1. The number of carbonyl (C=O) groups is 1. The first-order chi connectivity index (χ1) is 12.5. The van der Waals surface area contributed by atoms with Gasteiger partial charge < -0.3 is 5.32 Å². The molecule has 0 bridgehead atoms. The van der Waals surface area contributed by atoms with Crippen molar-refractivity contribution < 1.29 is 4.79 Å². The molecule has 1 N–H and O–H groups in total. The summed E-state index contributed by atoms with van der Waals surface area (Å²) >= 11 is 3.46. The molecule has 1 heterocycles. The van der Waals surface area contributed by atoms with Crippen molar-refractivity contribution in [2.45, 2.75) is 32.2 Å². The summed E-state index contributed by atoms with van der Waals surface area (Å²) in [4.78, 5) is 12.9. The maximum absolute atomic E-state index is 12.9. The van der Waals surface area contributed by atoms with Crippen molar-refractivity contribution in [3.05, 3.63) is 81.6 Å². The second-order valence-corrected chi connectivity index (χ2v) is 7.85. The molecule has 1 aliphatic rings. The van der Waals surface area contributed by atoms with E-state index in [1.54, 1.807) is 6.20 Å². The van der Waals surface area contributed by atoms with Crippen LogP contribution in [0.3, 0.4) is 0 Å². The minimum Gasteiger partial charge on any atom is -0.342 e. The molecule has 3 aromatic rings. The molecule has 0 saturated heterocycles. The predicted octanol–water partition coefficient (Wildman–Crippen LogP) is 4.67. The molecule has 132 valence electrons. The lowest BCUT2D eigenvalue weighted by atomic mass is 10.0. The summed E-state index contributed by atoms with van der Waals surface area (Å²) in [6, 6.07) is 16.3. The third-order valence-corrected chi connectivity index (χ3v) is 5.53. The zero-order chi connectivity index (χ0) is 18.3. The minimum absolute atomic E-state index is 0.0678. The van der Waals surface area contributed by atoms with E-state index in [2.05, 4.69) is 44.5 Å². The molecule has 1 fully saturated rings. The van der Waals surface area contributed by atoms with Crippen LogP contribution in [0, 0.1) is 13.8 Å². The number of hydrogen-bond donors (Lipinski definition) is 1. The lowest BCUT2D eigenvalue weighted by Crippen LogP contribution is -2.35. The molecule has 1 saturated carbocycles. The van der Waals surface area contributed by atoms with E-state index in [4.69, 9.17) is 0 Å². The van der Waals surface area contributed by atoms with E-state index in [1.165, 1.54) is 0 Å². The van der Waals surface area contributed by atoms with Crippen molar-refractivity contribution in [3.63, 3.8) is 0 Å². The number of aryl methyl sites for hydroxylation is 1. The molecule has 0 aliphatic heterocycles. The summed E-state index contributed by atoms with van der Waals surface area (Å²) in [5.41, 5.74) is 4.51. The zero-order valence-corrected chi connectivity index (χ0v) is 16.4. The van der Waals surface area contributed by atoms with Crippen molar-refractivity contribution in [3.8, 4) is 5.69 Å². The highest BCUT2D eigenvalue weighted by Crippen LogP contribution is 2.46. The molecule has 0 atom stereocenters. The molecule has 0 radical (unpaired) electrons. The van der Waals surface area contributed by atoms with E-state index < -0.39 is 0 Å². The predicted molar refractivity (Wildman–Crippen MR) is 106 cm³/mol. The van der Waals surface area contributed by atoms with Gasteiger partial charge in [-0.1, -0.05) is 40.2 Å². The first-order valence-electron chi connectivity index (χ1n) is 8.69. The van der Waals surface area contributed by atoms with E-state index >= 15 is 0 Å². The number of hydrogen-bond acceptors (Lipinski definition) is 2. The van der Waals surface area contributed by atoms with Gasteiger partial charge in [-0.15, -0.1) is 0 Å². The van der Waals surface area contributed by atoms with Gasteiger partial charge in [0.1, 0.15) is 0 Å². The van der Waals surface area contributed by atoms with Gasteiger partial charge in [0.2, 0.25) is 0 Å². The van der Waals surface area contributed by atoms with Crippen LogP contribution in [-0.4, -0.2) is 15.7 Å². The van der Waals surface area contributed by atoms with Crippen LogP contribution in [0.1, 0.15) is 40.0 Å². The second kappa shape index (κ2) is 6.40. The lowest BCUT2D eigenvalue weighted by molar-refractivity contribution is 0.0930. The summed E-state index contributed by atoms with van der Waals surface area (Å²) in [6.45, 7) is 3.98. The second-order valence-electron chi connectivity index (χ2n) is 6.94. The van der Waals surface area contributed by atoms with Crippen molar-refractivity contribution in [2.75, 3.05) is 0 Å². The summed E-state index contributed by atoms with van der Waals surface area (Å²) < 4.78 is 2.86. The summed E-state index contributed by atoms with van der Waals surface area (Å²) in [5, 5.41) is 7.66. The van der Waals surface area contributed by atoms with Crippen molar-refractivity contribution in [1.29, 1.82) is 0 Å². The number of rotatable bonds is 4. The van der Waals surface area contributed by atoms with Gasteiger partial charge in [0.15, 0.2) is 0 Å². The van der Waals surface area contributed by atoms with Crippen LogP contribution in [-0.2, 0) is 5.54 Å². The molecule has 0 spiro atoms. The van der Waals surface area contributed by atoms with Crippen molar-refractivity contribution in [2.24, 2.45) is 0 Å². The van der Waals surface area contributed by atoms with Gasteiger partial charge in [-0.05, 0) is 62.1 Å². The largest absolute Gasteiger partial charge is 0.342 e. The highest BCUT2D eigenvalue weighted by atomic mass is 79.9. The Bertz CT molecular complexity index is 971. The zero-order valence-electron chi connectivity index (χ0n) is 14.8. The Hall–Kier alpha value is -2.40. The van der Waals surface area contributed by atoms with Gasteiger partial charge in [-0.3, -0.25) is 4.79 Å². The molecule has 4 rings (SSSR count). The van der Waals surface area contributed by atoms with Gasteiger partial charge in [-0.25, -0.2) is 4.68 Å². The molecule has 26 heavy (non-hydrogen) atoms. The van der Waals surface area contributed by atoms with E-state index in [1.807, 2.05) is 48.9 Å². The van der Waals surface area contributed by atoms with Crippen LogP contribution < -0.4 is 5.32 Å². The highest BCUT2D eigenvalue weighted by molar-refractivity contribution is 9.10. The van der Waals surface area contributed by atoms with Crippen LogP contribution in [0.4, 0.5) is 0 Å². The quantitative estimate of drug-likeness (QED) is 0.680. The van der Waals surface area contributed by atoms with Gasteiger partial charge in [0.05, 0.1) is 28.7 Å².